The summed E-state index contributed by atoms with van der Waals surface area (Å²) in [5, 5.41) is 2.29. The number of amides is 1. The molecular weight excluding hydrogens is 348 g/mol. The molecule has 26 heavy (non-hydrogen) atoms. The van der Waals surface area contributed by atoms with Gasteiger partial charge in [-0.15, -0.1) is 0 Å². The van der Waals surface area contributed by atoms with Crippen molar-refractivity contribution in [3.05, 3.63) is 0 Å². The number of halogens is 2. The van der Waals surface area contributed by atoms with Gasteiger partial charge < -0.3 is 14.8 Å². The molecule has 1 amide bonds. The normalized spacial score (nSPS) is 50.2. The quantitative estimate of drug-likeness (QED) is 0.768. The lowest BCUT2D eigenvalue weighted by atomic mass is 9.57. The zero-order valence-corrected chi connectivity index (χ0v) is 15.4. The Bertz CT molecular complexity index is 578. The van der Waals surface area contributed by atoms with E-state index in [1.807, 2.05) is 13.8 Å². The molecule has 4 saturated heterocycles. The van der Waals surface area contributed by atoms with Crippen LogP contribution in [0.4, 0.5) is 8.78 Å². The molecule has 4 aliphatic heterocycles. The second-order valence-corrected chi connectivity index (χ2v) is 8.46. The molecular formula is C18H27F2NO5. The van der Waals surface area contributed by atoms with E-state index >= 15 is 0 Å². The standard InChI is InChI=1S/C18H27F2NO5/c1-9-4-5-12-10(2)14(15(22)21-8-13(19)20)23-16-18(12)11(9)6-7-17(3,24-16)25-26-18/h9-14,16H,4-8H2,1-3H3,(H,21,22)/t9-,10-,11+,12+,14-,16-,17-,18-/m1/s1. The summed E-state index contributed by atoms with van der Waals surface area (Å²) >= 11 is 0. The first-order valence-corrected chi connectivity index (χ1v) is 9.53. The predicted molar refractivity (Wildman–Crippen MR) is 85.8 cm³/mol. The molecule has 8 heteroatoms. The Kier molecular flexibility index (Phi) is 4.53. The van der Waals surface area contributed by atoms with Crippen LogP contribution < -0.4 is 5.32 Å². The average Bonchev–Trinajstić information content (AvgIpc) is 2.82. The number of hydrogen-bond donors (Lipinski definition) is 1. The lowest BCUT2D eigenvalue weighted by molar-refractivity contribution is -0.569. The third-order valence-corrected chi connectivity index (χ3v) is 6.85. The molecule has 4 heterocycles. The summed E-state index contributed by atoms with van der Waals surface area (Å²) in [4.78, 5) is 24.2. The van der Waals surface area contributed by atoms with E-state index in [9.17, 15) is 13.6 Å². The highest BCUT2D eigenvalue weighted by Gasteiger charge is 2.69. The topological polar surface area (TPSA) is 66.0 Å². The summed E-state index contributed by atoms with van der Waals surface area (Å²) in [6, 6.07) is 0. The fraction of sp³-hybridized carbons (Fsp3) is 0.944. The van der Waals surface area contributed by atoms with Gasteiger partial charge in [-0.25, -0.2) is 18.6 Å². The van der Waals surface area contributed by atoms with Crippen LogP contribution in [0.1, 0.15) is 46.5 Å². The molecule has 0 aromatic carbocycles. The molecule has 0 radical (unpaired) electrons. The van der Waals surface area contributed by atoms with Crippen LogP contribution in [-0.4, -0.2) is 42.7 Å². The van der Waals surface area contributed by atoms with E-state index < -0.39 is 42.7 Å². The molecule has 8 atom stereocenters. The van der Waals surface area contributed by atoms with Crippen molar-refractivity contribution in [2.75, 3.05) is 6.54 Å². The summed E-state index contributed by atoms with van der Waals surface area (Å²) in [5.74, 6) is -0.967. The first kappa shape index (κ1) is 18.5. The van der Waals surface area contributed by atoms with Crippen LogP contribution in [0.5, 0.6) is 0 Å². The largest absolute Gasteiger partial charge is 0.348 e. The monoisotopic (exact) mass is 375 g/mol. The van der Waals surface area contributed by atoms with Gasteiger partial charge in [0.05, 0.1) is 6.54 Å². The van der Waals surface area contributed by atoms with Gasteiger partial charge in [0.15, 0.2) is 11.9 Å². The molecule has 5 aliphatic rings. The molecule has 1 spiro atoms. The van der Waals surface area contributed by atoms with Crippen LogP contribution in [-0.2, 0) is 24.0 Å². The van der Waals surface area contributed by atoms with Gasteiger partial charge in [0.25, 0.3) is 6.43 Å². The van der Waals surface area contributed by atoms with Crippen LogP contribution >= 0.6 is 0 Å². The highest BCUT2D eigenvalue weighted by Crippen LogP contribution is 2.60. The second kappa shape index (κ2) is 6.36. The minimum Gasteiger partial charge on any atom is -0.348 e. The van der Waals surface area contributed by atoms with Gasteiger partial charge in [0.1, 0.15) is 6.10 Å². The SMILES string of the molecule is C[C@H]1[C@H](C(=O)NCC(F)F)O[C@@H]2O[C@@]3(C)CC[C@H]4[C@H](C)CC[C@@H]1[C@@]24OO3. The summed E-state index contributed by atoms with van der Waals surface area (Å²) in [5.41, 5.74) is -0.743. The first-order chi connectivity index (χ1) is 12.3. The Morgan fingerprint density at radius 1 is 1.19 bits per heavy atom. The summed E-state index contributed by atoms with van der Waals surface area (Å²) in [7, 11) is 0. The van der Waals surface area contributed by atoms with Crippen molar-refractivity contribution >= 4 is 5.91 Å². The van der Waals surface area contributed by atoms with E-state index in [1.54, 1.807) is 0 Å². The van der Waals surface area contributed by atoms with Gasteiger partial charge in [0.2, 0.25) is 11.7 Å². The van der Waals surface area contributed by atoms with E-state index in [2.05, 4.69) is 12.2 Å². The van der Waals surface area contributed by atoms with Gasteiger partial charge in [-0.2, -0.15) is 0 Å². The highest BCUT2D eigenvalue weighted by atomic mass is 19.3. The van der Waals surface area contributed by atoms with Crippen molar-refractivity contribution in [3.63, 3.8) is 0 Å². The Morgan fingerprint density at radius 3 is 2.69 bits per heavy atom. The minimum atomic E-state index is -2.59. The average molecular weight is 375 g/mol. The van der Waals surface area contributed by atoms with Gasteiger partial charge in [-0.05, 0) is 43.9 Å². The van der Waals surface area contributed by atoms with Crippen molar-refractivity contribution in [1.82, 2.24) is 5.32 Å². The van der Waals surface area contributed by atoms with E-state index in [-0.39, 0.29) is 17.8 Å². The van der Waals surface area contributed by atoms with E-state index in [0.717, 1.165) is 19.3 Å². The summed E-state index contributed by atoms with van der Waals surface area (Å²) in [6.07, 6.45) is -0.684. The molecule has 148 valence electrons. The van der Waals surface area contributed by atoms with Crippen LogP contribution in [0.25, 0.3) is 0 Å². The van der Waals surface area contributed by atoms with Crippen LogP contribution in [0, 0.1) is 23.7 Å². The third kappa shape index (κ3) is 2.68. The van der Waals surface area contributed by atoms with E-state index in [1.165, 1.54) is 0 Å². The van der Waals surface area contributed by atoms with Crippen molar-refractivity contribution in [2.45, 2.75) is 76.7 Å². The van der Waals surface area contributed by atoms with Gasteiger partial charge >= 0.3 is 0 Å². The Labute approximate surface area is 151 Å². The molecule has 0 aromatic heterocycles. The predicted octanol–water partition coefficient (Wildman–Crippen LogP) is 2.62. The number of rotatable bonds is 3. The number of alkyl halides is 2. The molecule has 1 saturated carbocycles. The zero-order valence-electron chi connectivity index (χ0n) is 15.4. The molecule has 5 rings (SSSR count). The molecule has 1 aliphatic carbocycles. The van der Waals surface area contributed by atoms with Crippen LogP contribution in [0.3, 0.4) is 0 Å². The Hall–Kier alpha value is -0.830. The van der Waals surface area contributed by atoms with Gasteiger partial charge in [-0.1, -0.05) is 13.8 Å². The van der Waals surface area contributed by atoms with Gasteiger partial charge in [-0.3, -0.25) is 4.79 Å². The number of nitrogens with one attached hydrogen (secondary N) is 1. The molecule has 0 unspecified atom stereocenters. The van der Waals surface area contributed by atoms with E-state index in [0.29, 0.717) is 12.3 Å². The minimum absolute atomic E-state index is 0.00685. The first-order valence-electron chi connectivity index (χ1n) is 9.53. The van der Waals surface area contributed by atoms with Crippen molar-refractivity contribution < 1.29 is 32.8 Å². The molecule has 5 fully saturated rings. The van der Waals surface area contributed by atoms with Crippen molar-refractivity contribution in [1.29, 1.82) is 0 Å². The molecule has 2 bridgehead atoms. The van der Waals surface area contributed by atoms with E-state index in [4.69, 9.17) is 19.2 Å². The maximum absolute atomic E-state index is 12.5. The lowest BCUT2D eigenvalue weighted by Gasteiger charge is -2.60. The number of fused-ring (bicyclic) bond motifs is 2. The van der Waals surface area contributed by atoms with Crippen molar-refractivity contribution in [3.8, 4) is 0 Å². The Morgan fingerprint density at radius 2 is 1.96 bits per heavy atom. The molecule has 6 nitrogen and oxygen atoms in total. The smallest absolute Gasteiger partial charge is 0.255 e. The fourth-order valence-electron chi connectivity index (χ4n) is 5.48. The highest BCUT2D eigenvalue weighted by molar-refractivity contribution is 5.81. The maximum atomic E-state index is 12.5. The number of hydrogen-bond acceptors (Lipinski definition) is 5. The Balaban J connectivity index is 1.65. The van der Waals surface area contributed by atoms with Crippen LogP contribution in [0.2, 0.25) is 0 Å². The lowest BCUT2D eigenvalue weighted by Crippen LogP contribution is -2.71. The number of ether oxygens (including phenoxy) is 2. The number of carbonyl (C=O) groups excluding carboxylic acids is 1. The molecule has 0 aromatic rings. The number of carbonyl (C=O) groups is 1. The summed E-state index contributed by atoms with van der Waals surface area (Å²) < 4.78 is 37.2. The van der Waals surface area contributed by atoms with Crippen molar-refractivity contribution in [2.24, 2.45) is 23.7 Å². The second-order valence-electron chi connectivity index (χ2n) is 8.46. The molecule has 1 N–H and O–H groups in total. The fourth-order valence-corrected chi connectivity index (χ4v) is 5.48. The summed E-state index contributed by atoms with van der Waals surface area (Å²) in [6.45, 7) is 5.27. The zero-order chi connectivity index (χ0) is 18.7. The maximum Gasteiger partial charge on any atom is 0.255 e. The van der Waals surface area contributed by atoms with Crippen LogP contribution in [0.15, 0.2) is 0 Å². The van der Waals surface area contributed by atoms with Gasteiger partial charge in [0, 0.05) is 12.3 Å². The third-order valence-electron chi connectivity index (χ3n) is 6.85.